The number of carbonyl (C=O) groups is 5. The van der Waals surface area contributed by atoms with Crippen LogP contribution < -0.4 is 10.6 Å². The van der Waals surface area contributed by atoms with Gasteiger partial charge in [0.1, 0.15) is 122 Å². The predicted molar refractivity (Wildman–Crippen MR) is 435 cm³/mol. The van der Waals surface area contributed by atoms with Gasteiger partial charge in [0.25, 0.3) is 5.91 Å². The molecule has 125 heavy (non-hydrogen) atoms. The number of aliphatic hydroxyl groups excluding tert-OH is 16. The number of nitrogens with one attached hydrogen (secondary N) is 2. The smallest absolute Gasteiger partial charge is 0.335 e. The van der Waals surface area contributed by atoms with E-state index in [0.717, 1.165) is 44.9 Å². The lowest BCUT2D eigenvalue weighted by molar-refractivity contribution is -0.385. The Morgan fingerprint density at radius 3 is 1.29 bits per heavy atom. The van der Waals surface area contributed by atoms with Gasteiger partial charge in [-0.25, -0.2) is 9.59 Å². The Labute approximate surface area is 726 Å². The van der Waals surface area contributed by atoms with Crippen LogP contribution in [-0.2, 0) is 76.1 Å². The number of amides is 2. The van der Waals surface area contributed by atoms with Crippen LogP contribution in [0.4, 0.5) is 0 Å². The SMILES string of the molecule is CC#CC#CC#CC#CC#CC#CC#CC#CC#CC#CC#CC#CC(=O)N[C@@H](COC1OC(COCCCCCCCC(=O)CCCCC(=O)NCCOC2OC(CO)C(OC3OC(C(=O)O)C(O)C(OC4OC(CO)C(OC5OC(C(=O)O)C(O)C(O)C5O)C(O)C4O)C3O)C(O)C2O)C(O)C(O)C1O)[C@H](O)[C@H](O)CCCCCCCCCCCCCC. The number of hydrogen-bond acceptors (Lipinski definition) is 32. The fourth-order valence-corrected chi connectivity index (χ4v) is 13.3. The number of carbonyl (C=O) groups excluding carboxylic acids is 3. The maximum absolute atomic E-state index is 13.1. The Balaban J connectivity index is 0.984. The van der Waals surface area contributed by atoms with Crippen molar-refractivity contribution in [2.75, 3.05) is 46.2 Å². The van der Waals surface area contributed by atoms with E-state index in [0.29, 0.717) is 38.5 Å². The number of aliphatic carboxylic acids is 2. The van der Waals surface area contributed by atoms with Gasteiger partial charge in [0.05, 0.1) is 45.2 Å². The highest BCUT2D eigenvalue weighted by atomic mass is 16.8. The van der Waals surface area contributed by atoms with Crippen LogP contribution in [0.25, 0.3) is 0 Å². The van der Waals surface area contributed by atoms with E-state index < -0.39 is 215 Å². The third-order valence-corrected chi connectivity index (χ3v) is 20.2. The third kappa shape index (κ3) is 38.0. The van der Waals surface area contributed by atoms with E-state index in [4.69, 9.17) is 52.1 Å². The highest BCUT2D eigenvalue weighted by Crippen LogP contribution is 2.36. The molecule has 0 aliphatic carbocycles. The van der Waals surface area contributed by atoms with E-state index >= 15 is 0 Å². The van der Waals surface area contributed by atoms with Gasteiger partial charge < -0.3 is 155 Å². The van der Waals surface area contributed by atoms with E-state index in [2.05, 4.69) is 160 Å². The summed E-state index contributed by atoms with van der Waals surface area (Å²) < 4.78 is 61.2. The Hall–Kier alpha value is -8.81. The number of ketones is 1. The summed E-state index contributed by atoms with van der Waals surface area (Å²) in [7, 11) is 0. The average molecular weight is 1760 g/mol. The third-order valence-electron chi connectivity index (χ3n) is 20.2. The van der Waals surface area contributed by atoms with Crippen LogP contribution in [0, 0.1) is 142 Å². The Bertz CT molecular complexity index is 4190. The molecule has 5 heterocycles. The van der Waals surface area contributed by atoms with Crippen LogP contribution in [0.15, 0.2) is 0 Å². The van der Waals surface area contributed by atoms with Gasteiger partial charge in [0.15, 0.2) is 43.7 Å². The first-order valence-corrected chi connectivity index (χ1v) is 41.5. The summed E-state index contributed by atoms with van der Waals surface area (Å²) >= 11 is 0. The summed E-state index contributed by atoms with van der Waals surface area (Å²) in [6.45, 7) is 0.822. The molecule has 25 unspecified atom stereocenters. The summed E-state index contributed by atoms with van der Waals surface area (Å²) in [5.74, 6) is 54.4. The summed E-state index contributed by atoms with van der Waals surface area (Å²) in [4.78, 5) is 62.5. The maximum Gasteiger partial charge on any atom is 0.335 e. The molecule has 36 heteroatoms. The van der Waals surface area contributed by atoms with E-state index in [9.17, 15) is 116 Å². The molecule has 28 atom stereocenters. The normalized spacial score (nSPS) is 29.5. The molecule has 20 N–H and O–H groups in total. The van der Waals surface area contributed by atoms with Gasteiger partial charge in [-0.1, -0.05) is 109 Å². The fraction of sp³-hybridized carbons (Fsp3) is 0.674. The second kappa shape index (κ2) is 60.8. The molecule has 0 aromatic carbocycles. The quantitative estimate of drug-likeness (QED) is 0.0201. The molecule has 684 valence electrons. The van der Waals surface area contributed by atoms with Gasteiger partial charge in [-0.3, -0.25) is 14.4 Å². The lowest BCUT2D eigenvalue weighted by atomic mass is 9.95. The number of aliphatic hydroxyl groups is 16. The number of hydrogen-bond donors (Lipinski definition) is 20. The monoisotopic (exact) mass is 1750 g/mol. The molecule has 0 saturated carbocycles. The minimum absolute atomic E-state index is 0.0114. The van der Waals surface area contributed by atoms with E-state index in [-0.39, 0.29) is 51.4 Å². The molecule has 5 aliphatic heterocycles. The molecular weight excluding hydrogens is 1640 g/mol. The molecule has 2 amide bonds. The maximum atomic E-state index is 13.1. The standard InChI is InChI=1S/C89H114N2O34/c1-3-5-7-9-11-13-15-17-18-19-20-21-22-23-24-25-26-27-29-31-33-37-41-49-64(97)91-58(65(98)59(95)47-40-36-32-30-28-16-14-12-10-8-6-4-2)55-117-86-72(105)67(100)66(99)62(120-86)56-115-51-44-38-34-35-39-45-57(94)46-42-43-48-63(96)90-50-52-116-85-74(107)70(103)78(60(53-92)118-85)122-89-77(110)80(76(109)82(125-89)84(113)114)123-87-75(108)71(104)79(61(54-93)119-87)121-88-73(106)68(101)69(102)81(124-88)83(111)112/h58-62,65-82,85-89,92-93,95,98-110H,4,6,8,10,12,14,16,28,30,32,34-36,38-40,42-48,50-56H2,1-2H3,(H,90,96)(H,91,97)(H,111,112)(H,113,114)/t58-,59+,60?,61?,62?,65-,66?,67?,68?,69?,70?,71?,72?,73?,74?,75?,76?,77?,78?,79?,80?,81?,82?,85?,86?,87?,88?,89?/m0/s1. The number of carboxylic acids is 2. The Morgan fingerprint density at radius 2 is 0.776 bits per heavy atom. The molecule has 0 spiro atoms. The fourth-order valence-electron chi connectivity index (χ4n) is 13.3. The topological polar surface area (TPSA) is 575 Å². The van der Waals surface area contributed by atoms with Gasteiger partial charge in [-0.05, 0) is 134 Å². The molecular formula is C89H114N2O34. The summed E-state index contributed by atoms with van der Waals surface area (Å²) in [6, 6.07) is -1.31. The second-order valence-electron chi connectivity index (χ2n) is 29.5. The van der Waals surface area contributed by atoms with Crippen molar-refractivity contribution in [3.05, 3.63) is 0 Å². The number of Topliss-reactive ketones (excluding diaryl/α,β-unsaturated/α-hetero) is 1. The van der Waals surface area contributed by atoms with Gasteiger partial charge in [-0.2, -0.15) is 0 Å². The summed E-state index contributed by atoms with van der Waals surface area (Å²) in [6.07, 6.45) is -34.3. The first-order valence-electron chi connectivity index (χ1n) is 41.5. The molecule has 0 aromatic heterocycles. The number of carboxylic acid groups (broad SMARTS) is 2. The van der Waals surface area contributed by atoms with E-state index in [1.807, 2.05) is 0 Å². The van der Waals surface area contributed by atoms with Crippen molar-refractivity contribution in [2.45, 2.75) is 333 Å². The van der Waals surface area contributed by atoms with Gasteiger partial charge in [0, 0.05) is 73.9 Å². The van der Waals surface area contributed by atoms with Gasteiger partial charge >= 0.3 is 11.9 Å². The van der Waals surface area contributed by atoms with E-state index in [1.54, 1.807) is 6.92 Å². The highest BCUT2D eigenvalue weighted by molar-refractivity contribution is 5.94. The van der Waals surface area contributed by atoms with Crippen LogP contribution in [0.1, 0.15) is 162 Å². The summed E-state index contributed by atoms with van der Waals surface area (Å²) in [5, 5.41) is 198. The summed E-state index contributed by atoms with van der Waals surface area (Å²) in [5.41, 5.74) is 0. The Kier molecular flexibility index (Phi) is 51.9. The molecule has 5 saturated heterocycles. The predicted octanol–water partition coefficient (Wildman–Crippen LogP) is -4.75. The van der Waals surface area contributed by atoms with Crippen LogP contribution in [0.5, 0.6) is 0 Å². The van der Waals surface area contributed by atoms with Crippen molar-refractivity contribution >= 4 is 29.5 Å². The average Bonchev–Trinajstić information content (AvgIpc) is 0.767. The molecule has 0 aromatic rings. The zero-order valence-corrected chi connectivity index (χ0v) is 69.5. The molecule has 36 nitrogen and oxygen atoms in total. The van der Waals surface area contributed by atoms with Gasteiger partial charge in [0.2, 0.25) is 5.91 Å². The molecule has 0 bridgehead atoms. The molecule has 5 rings (SSSR count). The minimum Gasteiger partial charge on any atom is -0.479 e. The van der Waals surface area contributed by atoms with E-state index in [1.165, 1.54) is 44.9 Å². The number of rotatable bonds is 48. The van der Waals surface area contributed by atoms with Crippen LogP contribution in [0.2, 0.25) is 0 Å². The van der Waals surface area contributed by atoms with Crippen LogP contribution in [-0.4, -0.2) is 339 Å². The number of ether oxygens (including phenoxy) is 11. The second-order valence-corrected chi connectivity index (χ2v) is 29.5. The Morgan fingerprint density at radius 1 is 0.384 bits per heavy atom. The van der Waals surface area contributed by atoms with Crippen molar-refractivity contribution < 1.29 is 168 Å². The molecule has 5 fully saturated rings. The van der Waals surface area contributed by atoms with Crippen molar-refractivity contribution in [1.82, 2.24) is 10.6 Å². The first kappa shape index (κ1) is 107. The largest absolute Gasteiger partial charge is 0.479 e. The van der Waals surface area contributed by atoms with Crippen molar-refractivity contribution in [2.24, 2.45) is 0 Å². The zero-order chi connectivity index (χ0) is 91.4. The molecule has 5 aliphatic rings. The minimum atomic E-state index is -2.33. The van der Waals surface area contributed by atoms with Crippen molar-refractivity contribution in [1.29, 1.82) is 0 Å². The van der Waals surface area contributed by atoms with Crippen LogP contribution >= 0.6 is 0 Å². The first-order chi connectivity index (χ1) is 60.2. The lowest BCUT2D eigenvalue weighted by Gasteiger charge is -2.48. The lowest BCUT2D eigenvalue weighted by Crippen LogP contribution is -2.68. The number of unbranched alkanes of at least 4 members (excludes halogenated alkanes) is 16. The zero-order valence-electron chi connectivity index (χ0n) is 69.5. The van der Waals surface area contributed by atoms with Gasteiger partial charge in [-0.15, -0.1) is 0 Å². The highest BCUT2D eigenvalue weighted by Gasteiger charge is 2.57. The van der Waals surface area contributed by atoms with Crippen LogP contribution in [0.3, 0.4) is 0 Å². The van der Waals surface area contributed by atoms with Crippen molar-refractivity contribution in [3.63, 3.8) is 0 Å². The molecule has 0 radical (unpaired) electrons. The van der Waals surface area contributed by atoms with Crippen molar-refractivity contribution in [3.8, 4) is 142 Å².